The summed E-state index contributed by atoms with van der Waals surface area (Å²) in [6.07, 6.45) is 2.45. The van der Waals surface area contributed by atoms with E-state index >= 15 is 0 Å². The van der Waals surface area contributed by atoms with Gasteiger partial charge in [-0.15, -0.1) is 0 Å². The minimum Gasteiger partial charge on any atom is -0.443 e. The highest BCUT2D eigenvalue weighted by Crippen LogP contribution is 2.45. The molecule has 1 aromatic heterocycles. The number of rotatable bonds is 5. The summed E-state index contributed by atoms with van der Waals surface area (Å²) < 4.78 is 23.7. The van der Waals surface area contributed by atoms with Crippen LogP contribution in [0, 0.1) is 0 Å². The Labute approximate surface area is 133 Å². The fourth-order valence-corrected chi connectivity index (χ4v) is 4.26. The van der Waals surface area contributed by atoms with E-state index < -0.39 is 7.37 Å². The molecular weight excluding hydrogens is 321 g/mol. The minimum absolute atomic E-state index is 0.425. The number of halogens is 1. The normalized spacial score (nSPS) is 14.1. The van der Waals surface area contributed by atoms with Gasteiger partial charge in [-0.25, -0.2) is 4.98 Å². The average molecular weight is 336 g/mol. The summed E-state index contributed by atoms with van der Waals surface area (Å²) in [5.41, 5.74) is 2.43. The first-order valence-corrected chi connectivity index (χ1v) is 9.02. The Balaban J connectivity index is 1.83. The number of benzene rings is 2. The summed E-state index contributed by atoms with van der Waals surface area (Å²) >= 11 is 5.87. The quantitative estimate of drug-likeness (QED) is 0.653. The van der Waals surface area contributed by atoms with Crippen molar-refractivity contribution in [3.63, 3.8) is 0 Å². The van der Waals surface area contributed by atoms with Gasteiger partial charge >= 0.3 is 0 Å². The van der Waals surface area contributed by atoms with Gasteiger partial charge in [0.1, 0.15) is 5.52 Å². The predicted octanol–water partition coefficient (Wildman–Crippen LogP) is 4.27. The molecule has 3 aromatic rings. The van der Waals surface area contributed by atoms with Crippen molar-refractivity contribution in [2.24, 2.45) is 0 Å². The van der Waals surface area contributed by atoms with Gasteiger partial charge in [0.05, 0.1) is 0 Å². The maximum Gasteiger partial charge on any atom is 0.232 e. The van der Waals surface area contributed by atoms with Gasteiger partial charge < -0.3 is 8.94 Å². The van der Waals surface area contributed by atoms with Gasteiger partial charge in [-0.1, -0.05) is 23.7 Å². The third-order valence-corrected chi connectivity index (χ3v) is 6.33. The van der Waals surface area contributed by atoms with Crippen LogP contribution in [0.25, 0.3) is 11.1 Å². The van der Waals surface area contributed by atoms with Crippen LogP contribution in [-0.4, -0.2) is 18.3 Å². The molecule has 0 N–H and O–H groups in total. The molecule has 0 aliphatic heterocycles. The highest BCUT2D eigenvalue weighted by Gasteiger charge is 2.25. The minimum atomic E-state index is -2.92. The van der Waals surface area contributed by atoms with Crippen molar-refractivity contribution in [3.05, 3.63) is 59.4 Å². The van der Waals surface area contributed by atoms with E-state index in [1.165, 1.54) is 13.5 Å². The Morgan fingerprint density at radius 3 is 2.73 bits per heavy atom. The van der Waals surface area contributed by atoms with Crippen LogP contribution in [0.5, 0.6) is 0 Å². The van der Waals surface area contributed by atoms with E-state index in [0.29, 0.717) is 34.0 Å². The smallest absolute Gasteiger partial charge is 0.232 e. The second-order valence-corrected chi connectivity index (χ2v) is 8.07. The number of hydrogen-bond acceptors (Lipinski definition) is 4. The van der Waals surface area contributed by atoms with E-state index in [0.717, 1.165) is 5.56 Å². The standard InChI is InChI=1S/C16H15ClNO3P/c1-20-22(19,9-8-12-2-4-13(17)5-3-12)14-6-7-16-15(10-14)18-11-21-16/h2-7,10-11H,8-9H2,1H3. The van der Waals surface area contributed by atoms with E-state index in [1.807, 2.05) is 24.3 Å². The first kappa shape index (κ1) is 15.3. The summed E-state index contributed by atoms with van der Waals surface area (Å²) in [5.74, 6) is 0. The molecule has 1 unspecified atom stereocenters. The SMILES string of the molecule is COP(=O)(CCc1ccc(Cl)cc1)c1ccc2ocnc2c1. The van der Waals surface area contributed by atoms with Crippen LogP contribution in [0.3, 0.4) is 0 Å². The third-order valence-electron chi connectivity index (χ3n) is 3.61. The zero-order valence-corrected chi connectivity index (χ0v) is 13.7. The molecule has 6 heteroatoms. The van der Waals surface area contributed by atoms with Crippen LogP contribution in [-0.2, 0) is 15.5 Å². The molecule has 0 saturated carbocycles. The molecule has 0 amide bonds. The third kappa shape index (κ3) is 3.09. The predicted molar refractivity (Wildman–Crippen MR) is 88.3 cm³/mol. The van der Waals surface area contributed by atoms with Crippen molar-refractivity contribution in [2.45, 2.75) is 6.42 Å². The van der Waals surface area contributed by atoms with Crippen LogP contribution < -0.4 is 5.30 Å². The van der Waals surface area contributed by atoms with Gasteiger partial charge in [0.2, 0.25) is 7.37 Å². The number of aryl methyl sites for hydroxylation is 1. The Hall–Kier alpha value is -1.61. The van der Waals surface area contributed by atoms with Crippen molar-refractivity contribution in [2.75, 3.05) is 13.3 Å². The largest absolute Gasteiger partial charge is 0.443 e. The fourth-order valence-electron chi connectivity index (χ4n) is 2.31. The van der Waals surface area contributed by atoms with Gasteiger partial charge in [0.15, 0.2) is 12.0 Å². The first-order valence-electron chi connectivity index (χ1n) is 6.84. The van der Waals surface area contributed by atoms with Crippen molar-refractivity contribution >= 4 is 35.4 Å². The van der Waals surface area contributed by atoms with E-state index in [-0.39, 0.29) is 0 Å². The van der Waals surface area contributed by atoms with Gasteiger partial charge in [0.25, 0.3) is 0 Å². The van der Waals surface area contributed by atoms with Gasteiger partial charge in [-0.3, -0.25) is 4.57 Å². The monoisotopic (exact) mass is 335 g/mol. The Morgan fingerprint density at radius 1 is 1.23 bits per heavy atom. The molecule has 0 bridgehead atoms. The first-order chi connectivity index (χ1) is 10.6. The molecule has 0 spiro atoms. The van der Waals surface area contributed by atoms with Gasteiger partial charge in [-0.2, -0.15) is 0 Å². The van der Waals surface area contributed by atoms with Crippen LogP contribution in [0.4, 0.5) is 0 Å². The maximum absolute atomic E-state index is 13.1. The molecule has 4 nitrogen and oxygen atoms in total. The second-order valence-electron chi connectivity index (χ2n) is 4.96. The second kappa shape index (κ2) is 6.25. The Morgan fingerprint density at radius 2 is 2.00 bits per heavy atom. The van der Waals surface area contributed by atoms with E-state index in [1.54, 1.807) is 18.2 Å². The summed E-state index contributed by atoms with van der Waals surface area (Å²) in [5, 5.41) is 1.35. The van der Waals surface area contributed by atoms with Crippen molar-refractivity contribution in [3.8, 4) is 0 Å². The molecule has 1 atom stereocenters. The Kier molecular flexibility index (Phi) is 4.34. The lowest BCUT2D eigenvalue weighted by molar-refractivity contribution is 0.403. The number of hydrogen-bond donors (Lipinski definition) is 0. The highest BCUT2D eigenvalue weighted by atomic mass is 35.5. The van der Waals surface area contributed by atoms with Crippen LogP contribution in [0.1, 0.15) is 5.56 Å². The lowest BCUT2D eigenvalue weighted by Gasteiger charge is -2.16. The summed E-state index contributed by atoms with van der Waals surface area (Å²) in [6, 6.07) is 12.8. The topological polar surface area (TPSA) is 52.3 Å². The van der Waals surface area contributed by atoms with Crippen LogP contribution in [0.15, 0.2) is 53.3 Å². The fraction of sp³-hybridized carbons (Fsp3) is 0.188. The van der Waals surface area contributed by atoms with Crippen LogP contribution >= 0.6 is 19.0 Å². The molecule has 3 rings (SSSR count). The van der Waals surface area contributed by atoms with Gasteiger partial charge in [-0.05, 0) is 42.3 Å². The van der Waals surface area contributed by atoms with Crippen molar-refractivity contribution < 1.29 is 13.5 Å². The zero-order valence-electron chi connectivity index (χ0n) is 12.0. The molecule has 0 aliphatic carbocycles. The molecule has 0 aliphatic rings. The maximum atomic E-state index is 13.1. The van der Waals surface area contributed by atoms with Gasteiger partial charge in [0, 0.05) is 23.6 Å². The lowest BCUT2D eigenvalue weighted by atomic mass is 10.2. The molecule has 0 fully saturated rings. The number of oxazole rings is 1. The molecule has 114 valence electrons. The van der Waals surface area contributed by atoms with Crippen molar-refractivity contribution in [1.29, 1.82) is 0 Å². The average Bonchev–Trinajstić information content (AvgIpc) is 3.01. The zero-order chi connectivity index (χ0) is 15.6. The van der Waals surface area contributed by atoms with E-state index in [4.69, 9.17) is 20.5 Å². The molecule has 1 heterocycles. The Bertz CT molecular complexity index is 829. The summed E-state index contributed by atoms with van der Waals surface area (Å²) in [6.45, 7) is 0. The highest BCUT2D eigenvalue weighted by molar-refractivity contribution is 7.67. The number of fused-ring (bicyclic) bond motifs is 1. The lowest BCUT2D eigenvalue weighted by Crippen LogP contribution is -2.10. The summed E-state index contributed by atoms with van der Waals surface area (Å²) in [4.78, 5) is 4.10. The summed E-state index contributed by atoms with van der Waals surface area (Å²) in [7, 11) is -1.44. The molecule has 0 radical (unpaired) electrons. The molecule has 2 aromatic carbocycles. The van der Waals surface area contributed by atoms with E-state index in [2.05, 4.69) is 4.98 Å². The number of aromatic nitrogens is 1. The van der Waals surface area contributed by atoms with Crippen LogP contribution in [0.2, 0.25) is 5.02 Å². The molecule has 0 saturated heterocycles. The number of nitrogens with zero attached hydrogens (tertiary/aromatic N) is 1. The van der Waals surface area contributed by atoms with Crippen molar-refractivity contribution in [1.82, 2.24) is 4.98 Å². The molecule has 22 heavy (non-hydrogen) atoms. The van der Waals surface area contributed by atoms with E-state index in [9.17, 15) is 4.57 Å². The molecular formula is C16H15ClNO3P.